The summed E-state index contributed by atoms with van der Waals surface area (Å²) >= 11 is 0. The van der Waals surface area contributed by atoms with Crippen molar-refractivity contribution in [2.45, 2.75) is 45.7 Å². The largest absolute Gasteiger partial charge is 0.340 e. The minimum atomic E-state index is 0. The van der Waals surface area contributed by atoms with E-state index in [9.17, 15) is 0 Å². The van der Waals surface area contributed by atoms with Crippen LogP contribution < -0.4 is 5.32 Å². The van der Waals surface area contributed by atoms with Crippen molar-refractivity contribution in [3.63, 3.8) is 0 Å². The van der Waals surface area contributed by atoms with Crippen LogP contribution in [0.3, 0.4) is 0 Å². The van der Waals surface area contributed by atoms with Crippen molar-refractivity contribution in [2.75, 3.05) is 19.6 Å². The van der Waals surface area contributed by atoms with E-state index in [1.165, 1.54) is 19.3 Å². The van der Waals surface area contributed by atoms with Crippen LogP contribution in [0.15, 0.2) is 4.52 Å². The molecule has 1 aliphatic rings. The van der Waals surface area contributed by atoms with Gasteiger partial charge >= 0.3 is 0 Å². The summed E-state index contributed by atoms with van der Waals surface area (Å²) in [6.07, 6.45) is 3.73. The third-order valence-corrected chi connectivity index (χ3v) is 3.38. The highest BCUT2D eigenvalue weighted by molar-refractivity contribution is 5.85. The van der Waals surface area contributed by atoms with E-state index < -0.39 is 0 Å². The molecule has 1 N–H and O–H groups in total. The van der Waals surface area contributed by atoms with Crippen LogP contribution in [-0.4, -0.2) is 40.7 Å². The Morgan fingerprint density at radius 1 is 1.39 bits per heavy atom. The Hall–Kier alpha value is -0.650. The highest BCUT2D eigenvalue weighted by atomic mass is 35.5. The van der Waals surface area contributed by atoms with Gasteiger partial charge in [0.2, 0.25) is 5.89 Å². The molecule has 5 nitrogen and oxygen atoms in total. The van der Waals surface area contributed by atoms with Crippen LogP contribution in [0.25, 0.3) is 0 Å². The smallest absolute Gasteiger partial charge is 0.223 e. The molecule has 1 fully saturated rings. The zero-order valence-corrected chi connectivity index (χ0v) is 12.0. The molecule has 2 heterocycles. The summed E-state index contributed by atoms with van der Waals surface area (Å²) in [6, 6.07) is 0.647. The fourth-order valence-corrected chi connectivity index (χ4v) is 2.45. The molecule has 0 saturated carbocycles. The molecule has 1 saturated heterocycles. The molecule has 1 aliphatic heterocycles. The lowest BCUT2D eigenvalue weighted by atomic mass is 10.1. The van der Waals surface area contributed by atoms with Gasteiger partial charge in [-0.15, -0.1) is 12.4 Å². The molecule has 0 radical (unpaired) electrons. The van der Waals surface area contributed by atoms with E-state index in [0.717, 1.165) is 32.0 Å². The lowest BCUT2D eigenvalue weighted by Gasteiger charge is -2.28. The maximum atomic E-state index is 5.02. The maximum absolute atomic E-state index is 5.02. The topological polar surface area (TPSA) is 54.2 Å². The molecule has 0 aromatic carbocycles. The fraction of sp³-hybridized carbons (Fsp3) is 0.833. The summed E-state index contributed by atoms with van der Waals surface area (Å²) in [5.41, 5.74) is 0. The fourth-order valence-electron chi connectivity index (χ4n) is 2.45. The first kappa shape index (κ1) is 15.4. The molecular weight excluding hydrogens is 252 g/mol. The first-order chi connectivity index (χ1) is 8.29. The SMILES string of the molecule is CCN(Cc1noc(C)n1)C1CCCNCC1.Cl. The lowest BCUT2D eigenvalue weighted by molar-refractivity contribution is 0.176. The van der Waals surface area contributed by atoms with E-state index >= 15 is 0 Å². The Morgan fingerprint density at radius 3 is 2.89 bits per heavy atom. The number of nitrogens with zero attached hydrogens (tertiary/aromatic N) is 3. The summed E-state index contributed by atoms with van der Waals surface area (Å²) < 4.78 is 5.02. The van der Waals surface area contributed by atoms with Gasteiger partial charge in [0.05, 0.1) is 6.54 Å². The van der Waals surface area contributed by atoms with E-state index in [2.05, 4.69) is 27.3 Å². The summed E-state index contributed by atoms with van der Waals surface area (Å²) in [4.78, 5) is 6.74. The number of hydrogen-bond acceptors (Lipinski definition) is 5. The van der Waals surface area contributed by atoms with Crippen LogP contribution in [0.5, 0.6) is 0 Å². The number of hydrogen-bond donors (Lipinski definition) is 1. The minimum absolute atomic E-state index is 0. The van der Waals surface area contributed by atoms with Crippen molar-refractivity contribution in [1.29, 1.82) is 0 Å². The molecule has 0 bridgehead atoms. The number of aromatic nitrogens is 2. The lowest BCUT2D eigenvalue weighted by Crippen LogP contribution is -2.35. The molecule has 2 rings (SSSR count). The van der Waals surface area contributed by atoms with Crippen LogP contribution >= 0.6 is 12.4 Å². The Bertz CT molecular complexity index is 337. The molecule has 18 heavy (non-hydrogen) atoms. The van der Waals surface area contributed by atoms with E-state index in [1.54, 1.807) is 0 Å². The van der Waals surface area contributed by atoms with Gasteiger partial charge in [0, 0.05) is 13.0 Å². The minimum Gasteiger partial charge on any atom is -0.340 e. The van der Waals surface area contributed by atoms with Crippen LogP contribution in [-0.2, 0) is 6.54 Å². The highest BCUT2D eigenvalue weighted by Crippen LogP contribution is 2.15. The van der Waals surface area contributed by atoms with Gasteiger partial charge in [0.1, 0.15) is 0 Å². The van der Waals surface area contributed by atoms with Crippen molar-refractivity contribution in [2.24, 2.45) is 0 Å². The van der Waals surface area contributed by atoms with E-state index in [4.69, 9.17) is 4.52 Å². The van der Waals surface area contributed by atoms with E-state index in [1.807, 2.05) is 6.92 Å². The van der Waals surface area contributed by atoms with Gasteiger partial charge in [0.15, 0.2) is 5.82 Å². The monoisotopic (exact) mass is 274 g/mol. The summed E-state index contributed by atoms with van der Waals surface area (Å²) in [5, 5.41) is 7.43. The predicted octanol–water partition coefficient (Wildman–Crippen LogP) is 1.76. The van der Waals surface area contributed by atoms with Crippen molar-refractivity contribution in [3.05, 3.63) is 11.7 Å². The zero-order chi connectivity index (χ0) is 12.1. The summed E-state index contributed by atoms with van der Waals surface area (Å²) in [5.74, 6) is 1.46. The third-order valence-electron chi connectivity index (χ3n) is 3.38. The molecule has 1 atom stereocenters. The van der Waals surface area contributed by atoms with E-state index in [0.29, 0.717) is 11.9 Å². The molecule has 0 amide bonds. The van der Waals surface area contributed by atoms with Gasteiger partial charge in [-0.1, -0.05) is 12.1 Å². The summed E-state index contributed by atoms with van der Waals surface area (Å²) in [6.45, 7) is 8.15. The number of nitrogens with one attached hydrogen (secondary N) is 1. The van der Waals surface area contributed by atoms with Crippen molar-refractivity contribution in [3.8, 4) is 0 Å². The normalized spacial score (nSPS) is 20.5. The Balaban J connectivity index is 0.00000162. The van der Waals surface area contributed by atoms with Gasteiger partial charge in [-0.2, -0.15) is 4.98 Å². The molecule has 0 aliphatic carbocycles. The molecule has 6 heteroatoms. The molecular formula is C12H23ClN4O. The summed E-state index contributed by atoms with van der Waals surface area (Å²) in [7, 11) is 0. The second kappa shape index (κ2) is 7.71. The Morgan fingerprint density at radius 2 is 2.22 bits per heavy atom. The Labute approximate surface area is 115 Å². The van der Waals surface area contributed by atoms with E-state index in [-0.39, 0.29) is 12.4 Å². The second-order valence-electron chi connectivity index (χ2n) is 4.63. The zero-order valence-electron chi connectivity index (χ0n) is 11.2. The van der Waals surface area contributed by atoms with Gasteiger partial charge in [0.25, 0.3) is 0 Å². The molecule has 1 aromatic rings. The van der Waals surface area contributed by atoms with Crippen LogP contribution in [0.2, 0.25) is 0 Å². The highest BCUT2D eigenvalue weighted by Gasteiger charge is 2.20. The average Bonchev–Trinajstić information content (AvgIpc) is 2.58. The predicted molar refractivity (Wildman–Crippen MR) is 72.9 cm³/mol. The van der Waals surface area contributed by atoms with Gasteiger partial charge in [-0.05, 0) is 38.9 Å². The van der Waals surface area contributed by atoms with Crippen molar-refractivity contribution >= 4 is 12.4 Å². The third kappa shape index (κ3) is 4.23. The quantitative estimate of drug-likeness (QED) is 0.907. The van der Waals surface area contributed by atoms with Crippen LogP contribution in [0.4, 0.5) is 0 Å². The van der Waals surface area contributed by atoms with Crippen LogP contribution in [0, 0.1) is 6.92 Å². The van der Waals surface area contributed by atoms with Gasteiger partial charge in [-0.25, -0.2) is 0 Å². The van der Waals surface area contributed by atoms with Gasteiger partial charge in [-0.3, -0.25) is 4.90 Å². The molecule has 1 aromatic heterocycles. The van der Waals surface area contributed by atoms with Gasteiger partial charge < -0.3 is 9.84 Å². The first-order valence-electron chi connectivity index (χ1n) is 6.53. The van der Waals surface area contributed by atoms with Crippen LogP contribution in [0.1, 0.15) is 37.9 Å². The molecule has 104 valence electrons. The first-order valence-corrected chi connectivity index (χ1v) is 6.53. The standard InChI is InChI=1S/C12H22N4O.ClH/c1-3-16(9-12-14-10(2)17-15-12)11-5-4-7-13-8-6-11;/h11,13H,3-9H2,1-2H3;1H. The maximum Gasteiger partial charge on any atom is 0.223 e. The Kier molecular flexibility index (Phi) is 6.60. The van der Waals surface area contributed by atoms with Crippen molar-refractivity contribution < 1.29 is 4.52 Å². The number of halogens is 1. The van der Waals surface area contributed by atoms with Crippen molar-refractivity contribution in [1.82, 2.24) is 20.4 Å². The molecule has 1 unspecified atom stereocenters. The second-order valence-corrected chi connectivity index (χ2v) is 4.63. The molecule has 0 spiro atoms. The average molecular weight is 275 g/mol. The number of aryl methyl sites for hydroxylation is 1. The number of rotatable bonds is 4.